The van der Waals surface area contributed by atoms with E-state index in [0.29, 0.717) is 12.3 Å². The number of hydrogen-bond donors (Lipinski definition) is 1. The Bertz CT molecular complexity index is 910. The zero-order chi connectivity index (χ0) is 20.5. The Morgan fingerprint density at radius 2 is 1.79 bits per heavy atom. The smallest absolute Gasteiger partial charge is 0.230 e. The van der Waals surface area contributed by atoms with Crippen molar-refractivity contribution >= 4 is 17.7 Å². The van der Waals surface area contributed by atoms with Crippen molar-refractivity contribution in [1.29, 1.82) is 0 Å². The Hall–Kier alpha value is -2.80. The summed E-state index contributed by atoms with van der Waals surface area (Å²) in [5, 5.41) is 12.2. The normalized spacial score (nSPS) is 10.7. The number of benzene rings is 2. The highest BCUT2D eigenvalue weighted by Crippen LogP contribution is 2.17. The summed E-state index contributed by atoms with van der Waals surface area (Å²) in [7, 11) is 3.62. The lowest BCUT2D eigenvalue weighted by Gasteiger charge is -2.06. The molecule has 29 heavy (non-hydrogen) atoms. The molecule has 0 saturated heterocycles. The van der Waals surface area contributed by atoms with Gasteiger partial charge in [-0.2, -0.15) is 0 Å². The van der Waals surface area contributed by atoms with Crippen molar-refractivity contribution < 1.29 is 9.53 Å². The third kappa shape index (κ3) is 6.35. The van der Waals surface area contributed by atoms with Crippen molar-refractivity contribution in [2.75, 3.05) is 12.9 Å². The molecule has 7 heteroatoms. The summed E-state index contributed by atoms with van der Waals surface area (Å²) < 4.78 is 7.16. The topological polar surface area (TPSA) is 69.0 Å². The molecule has 3 aromatic rings. The number of nitrogens with one attached hydrogen (secondary N) is 1. The van der Waals surface area contributed by atoms with Crippen LogP contribution in [0.15, 0.2) is 59.8 Å². The van der Waals surface area contributed by atoms with Crippen molar-refractivity contribution in [2.24, 2.45) is 7.05 Å². The first kappa shape index (κ1) is 20.9. The van der Waals surface area contributed by atoms with Crippen molar-refractivity contribution in [1.82, 2.24) is 20.1 Å². The van der Waals surface area contributed by atoms with Gasteiger partial charge in [-0.05, 0) is 36.1 Å². The van der Waals surface area contributed by atoms with E-state index in [9.17, 15) is 4.79 Å². The number of carbonyl (C=O) groups is 1. The third-order valence-corrected chi connectivity index (χ3v) is 5.64. The highest BCUT2D eigenvalue weighted by molar-refractivity contribution is 7.99. The van der Waals surface area contributed by atoms with Gasteiger partial charge in [0.15, 0.2) is 5.16 Å². The van der Waals surface area contributed by atoms with Crippen LogP contribution >= 0.6 is 11.8 Å². The van der Waals surface area contributed by atoms with Gasteiger partial charge in [0.2, 0.25) is 5.91 Å². The fourth-order valence-corrected chi connectivity index (χ4v) is 3.67. The van der Waals surface area contributed by atoms with E-state index in [-0.39, 0.29) is 5.91 Å². The van der Waals surface area contributed by atoms with E-state index in [1.807, 2.05) is 54.1 Å². The molecule has 1 N–H and O–H groups in total. The average molecular weight is 411 g/mol. The maximum absolute atomic E-state index is 12.1. The first-order valence-electron chi connectivity index (χ1n) is 9.60. The molecule has 0 aliphatic heterocycles. The zero-order valence-electron chi connectivity index (χ0n) is 16.8. The van der Waals surface area contributed by atoms with Gasteiger partial charge >= 0.3 is 0 Å². The van der Waals surface area contributed by atoms with Crippen molar-refractivity contribution in [2.45, 2.75) is 31.0 Å². The largest absolute Gasteiger partial charge is 0.497 e. The highest BCUT2D eigenvalue weighted by atomic mass is 32.2. The Labute approximate surface area is 175 Å². The molecule has 6 nitrogen and oxygen atoms in total. The molecule has 2 aromatic carbocycles. The van der Waals surface area contributed by atoms with Crippen LogP contribution in [0.25, 0.3) is 0 Å². The molecule has 0 aliphatic carbocycles. The second kappa shape index (κ2) is 10.7. The maximum Gasteiger partial charge on any atom is 0.230 e. The van der Waals surface area contributed by atoms with Crippen LogP contribution in [0.2, 0.25) is 0 Å². The first-order chi connectivity index (χ1) is 14.2. The summed E-state index contributed by atoms with van der Waals surface area (Å²) in [5.41, 5.74) is 2.36. The average Bonchev–Trinajstić information content (AvgIpc) is 3.11. The Morgan fingerprint density at radius 1 is 1.03 bits per heavy atom. The molecule has 0 bridgehead atoms. The standard InChI is InChI=1S/C22H26N4O2S/c1-26-20(10-6-9-17-11-13-19(28-2)14-12-17)24-25-22(26)29-16-21(27)23-15-18-7-4-3-5-8-18/h3-5,7-8,11-14H,6,9-10,15-16H2,1-2H3,(H,23,27). The van der Waals surface area contributed by atoms with E-state index in [0.717, 1.165) is 41.6 Å². The van der Waals surface area contributed by atoms with E-state index in [4.69, 9.17) is 4.74 Å². The molecule has 0 atom stereocenters. The lowest BCUT2D eigenvalue weighted by Crippen LogP contribution is -2.24. The molecule has 1 heterocycles. The molecule has 0 unspecified atom stereocenters. The van der Waals surface area contributed by atoms with Gasteiger partial charge in [0.25, 0.3) is 0 Å². The quantitative estimate of drug-likeness (QED) is 0.519. The minimum atomic E-state index is -0.0112. The summed E-state index contributed by atoms with van der Waals surface area (Å²) in [6.45, 7) is 0.537. The molecule has 0 radical (unpaired) electrons. The van der Waals surface area contributed by atoms with Gasteiger partial charge in [0.05, 0.1) is 12.9 Å². The minimum absolute atomic E-state index is 0.0112. The number of amides is 1. The van der Waals surface area contributed by atoms with Crippen molar-refractivity contribution in [3.8, 4) is 5.75 Å². The summed E-state index contributed by atoms with van der Waals surface area (Å²) in [5.74, 6) is 2.12. The molecule has 0 fully saturated rings. The van der Waals surface area contributed by atoms with E-state index in [2.05, 4.69) is 27.6 Å². The van der Waals surface area contributed by atoms with Crippen molar-refractivity contribution in [3.05, 3.63) is 71.5 Å². The zero-order valence-corrected chi connectivity index (χ0v) is 17.6. The number of aryl methyl sites for hydroxylation is 2. The molecular formula is C22H26N4O2S. The summed E-state index contributed by atoms with van der Waals surface area (Å²) in [6, 6.07) is 18.0. The van der Waals surface area contributed by atoms with Gasteiger partial charge < -0.3 is 14.6 Å². The van der Waals surface area contributed by atoms with E-state index >= 15 is 0 Å². The van der Waals surface area contributed by atoms with Crippen molar-refractivity contribution in [3.63, 3.8) is 0 Å². The number of carbonyl (C=O) groups excluding carboxylic acids is 1. The van der Waals surface area contributed by atoms with Crippen LogP contribution in [0, 0.1) is 0 Å². The van der Waals surface area contributed by atoms with Gasteiger partial charge in [-0.25, -0.2) is 0 Å². The molecule has 0 saturated carbocycles. The summed E-state index contributed by atoms with van der Waals surface area (Å²) in [4.78, 5) is 12.1. The third-order valence-electron chi connectivity index (χ3n) is 4.61. The molecule has 0 aliphatic rings. The van der Waals surface area contributed by atoms with Crippen LogP contribution in [-0.2, 0) is 31.2 Å². The van der Waals surface area contributed by atoms with Gasteiger partial charge in [-0.1, -0.05) is 54.2 Å². The fourth-order valence-electron chi connectivity index (χ4n) is 2.91. The molecule has 0 spiro atoms. The highest BCUT2D eigenvalue weighted by Gasteiger charge is 2.11. The number of thioether (sulfide) groups is 1. The molecule has 3 rings (SSSR count). The van der Waals surface area contributed by atoms with E-state index in [1.54, 1.807) is 7.11 Å². The predicted octanol–water partition coefficient (Wildman–Crippen LogP) is 3.41. The Kier molecular flexibility index (Phi) is 7.69. The second-order valence-corrected chi connectivity index (χ2v) is 7.65. The monoisotopic (exact) mass is 410 g/mol. The Morgan fingerprint density at radius 3 is 2.52 bits per heavy atom. The van der Waals surface area contributed by atoms with Gasteiger partial charge in [0, 0.05) is 20.0 Å². The molecular weight excluding hydrogens is 384 g/mol. The second-order valence-electron chi connectivity index (χ2n) is 6.71. The number of methoxy groups -OCH3 is 1. The summed E-state index contributed by atoms with van der Waals surface area (Å²) in [6.07, 6.45) is 2.80. The van der Waals surface area contributed by atoms with Crippen LogP contribution in [0.4, 0.5) is 0 Å². The van der Waals surface area contributed by atoms with E-state index < -0.39 is 0 Å². The van der Waals surface area contributed by atoms with Crippen LogP contribution < -0.4 is 10.1 Å². The van der Waals surface area contributed by atoms with E-state index in [1.165, 1.54) is 17.3 Å². The maximum atomic E-state index is 12.1. The lowest BCUT2D eigenvalue weighted by molar-refractivity contribution is -0.118. The number of ether oxygens (including phenoxy) is 1. The van der Waals surface area contributed by atoms with Crippen LogP contribution in [0.5, 0.6) is 5.75 Å². The van der Waals surface area contributed by atoms with Gasteiger partial charge in [0.1, 0.15) is 11.6 Å². The van der Waals surface area contributed by atoms with Gasteiger partial charge in [-0.15, -0.1) is 10.2 Å². The number of nitrogens with zero attached hydrogens (tertiary/aromatic N) is 3. The molecule has 152 valence electrons. The molecule has 1 aromatic heterocycles. The first-order valence-corrected chi connectivity index (χ1v) is 10.6. The van der Waals surface area contributed by atoms with Crippen LogP contribution in [0.3, 0.4) is 0 Å². The fraction of sp³-hybridized carbons (Fsp3) is 0.318. The summed E-state index contributed by atoms with van der Waals surface area (Å²) >= 11 is 1.41. The van der Waals surface area contributed by atoms with Crippen LogP contribution in [-0.4, -0.2) is 33.5 Å². The van der Waals surface area contributed by atoms with Gasteiger partial charge in [-0.3, -0.25) is 4.79 Å². The predicted molar refractivity (Wildman–Crippen MR) is 115 cm³/mol. The van der Waals surface area contributed by atoms with Crippen LogP contribution in [0.1, 0.15) is 23.4 Å². The Balaban J connectivity index is 1.41. The molecule has 1 amide bonds. The SMILES string of the molecule is COc1ccc(CCCc2nnc(SCC(=O)NCc3ccccc3)n2C)cc1. The minimum Gasteiger partial charge on any atom is -0.497 e. The number of aromatic nitrogens is 3. The number of rotatable bonds is 10. The lowest BCUT2D eigenvalue weighted by atomic mass is 10.1. The number of hydrogen-bond acceptors (Lipinski definition) is 5.